The van der Waals surface area contributed by atoms with E-state index < -0.39 is 0 Å². The van der Waals surface area contributed by atoms with Crippen LogP contribution in [0.4, 0.5) is 0 Å². The Labute approximate surface area is 171 Å². The summed E-state index contributed by atoms with van der Waals surface area (Å²) in [5.41, 5.74) is 9.68. The van der Waals surface area contributed by atoms with Crippen molar-refractivity contribution < 1.29 is 0 Å². The van der Waals surface area contributed by atoms with E-state index >= 15 is 0 Å². The highest BCUT2D eigenvalue weighted by Gasteiger charge is 2.02. The normalized spacial score (nSPS) is 11.6. The summed E-state index contributed by atoms with van der Waals surface area (Å²) in [4.78, 5) is 0. The Bertz CT molecular complexity index is 929. The molecule has 0 aliphatic rings. The van der Waals surface area contributed by atoms with Gasteiger partial charge in [0, 0.05) is 5.56 Å². The zero-order valence-corrected chi connectivity index (χ0v) is 17.8. The summed E-state index contributed by atoms with van der Waals surface area (Å²) >= 11 is 0. The lowest BCUT2D eigenvalue weighted by Crippen LogP contribution is -1.93. The first kappa shape index (κ1) is 21.5. The van der Waals surface area contributed by atoms with Crippen molar-refractivity contribution in [3.8, 4) is 12.3 Å². The molecule has 2 aromatic carbocycles. The molecule has 28 heavy (non-hydrogen) atoms. The molecule has 0 bridgehead atoms. The van der Waals surface area contributed by atoms with E-state index in [2.05, 4.69) is 75.8 Å². The molecule has 0 nitrogen and oxygen atoms in total. The fourth-order valence-electron chi connectivity index (χ4n) is 3.30. The van der Waals surface area contributed by atoms with Crippen LogP contribution in [-0.2, 0) is 12.8 Å². The molecule has 0 aliphatic heterocycles. The van der Waals surface area contributed by atoms with Crippen molar-refractivity contribution in [1.82, 2.24) is 0 Å². The Hall–Kier alpha value is -2.78. The second-order valence-electron chi connectivity index (χ2n) is 7.61. The molecule has 0 spiro atoms. The minimum atomic E-state index is 0.927. The monoisotopic (exact) mass is 368 g/mol. The van der Waals surface area contributed by atoms with Gasteiger partial charge < -0.3 is 0 Å². The molecule has 0 unspecified atom stereocenters. The topological polar surface area (TPSA) is 0 Å². The third kappa shape index (κ3) is 6.14. The van der Waals surface area contributed by atoms with Crippen LogP contribution in [0.15, 0.2) is 66.8 Å². The molecule has 0 heteroatoms. The molecule has 2 rings (SSSR count). The van der Waals surface area contributed by atoms with Crippen molar-refractivity contribution in [2.75, 3.05) is 0 Å². The van der Waals surface area contributed by atoms with Crippen LogP contribution in [0, 0.1) is 26.2 Å². The summed E-state index contributed by atoms with van der Waals surface area (Å²) in [5.74, 6) is 2.73. The van der Waals surface area contributed by atoms with Crippen LogP contribution >= 0.6 is 0 Å². The summed E-state index contributed by atoms with van der Waals surface area (Å²) in [7, 11) is 0. The van der Waals surface area contributed by atoms with Gasteiger partial charge >= 0.3 is 0 Å². The van der Waals surface area contributed by atoms with E-state index in [1.807, 2.05) is 19.1 Å². The van der Waals surface area contributed by atoms with Gasteiger partial charge in [0.1, 0.15) is 0 Å². The van der Waals surface area contributed by atoms with E-state index in [0.29, 0.717) is 0 Å². The van der Waals surface area contributed by atoms with Crippen LogP contribution in [0.5, 0.6) is 0 Å². The van der Waals surface area contributed by atoms with Gasteiger partial charge in [-0.05, 0) is 79.5 Å². The Balaban J connectivity index is 2.01. The molecular formula is C28H32. The van der Waals surface area contributed by atoms with Crippen molar-refractivity contribution in [3.63, 3.8) is 0 Å². The zero-order valence-electron chi connectivity index (χ0n) is 17.8. The van der Waals surface area contributed by atoms with Crippen molar-refractivity contribution in [2.45, 2.75) is 53.4 Å². The van der Waals surface area contributed by atoms with Crippen LogP contribution in [0.1, 0.15) is 60.1 Å². The van der Waals surface area contributed by atoms with E-state index in [4.69, 9.17) is 6.42 Å². The maximum atomic E-state index is 5.57. The number of aryl methyl sites for hydroxylation is 3. The van der Waals surface area contributed by atoms with Gasteiger partial charge in [0.2, 0.25) is 0 Å². The maximum absolute atomic E-state index is 5.57. The predicted molar refractivity (Wildman–Crippen MR) is 125 cm³/mol. The van der Waals surface area contributed by atoms with Crippen LogP contribution < -0.4 is 0 Å². The molecule has 0 atom stereocenters. The average Bonchev–Trinajstić information content (AvgIpc) is 2.67. The van der Waals surface area contributed by atoms with E-state index in [1.54, 1.807) is 0 Å². The number of terminal acetylenes is 1. The molecule has 0 N–H and O–H groups in total. The number of rotatable bonds is 8. The van der Waals surface area contributed by atoms with Gasteiger partial charge in [-0.25, -0.2) is 0 Å². The molecule has 0 amide bonds. The molecule has 144 valence electrons. The highest BCUT2D eigenvalue weighted by Crippen LogP contribution is 2.19. The van der Waals surface area contributed by atoms with Gasteiger partial charge in [-0.2, -0.15) is 0 Å². The fourth-order valence-corrected chi connectivity index (χ4v) is 3.30. The predicted octanol–water partition coefficient (Wildman–Crippen LogP) is 7.39. The lowest BCUT2D eigenvalue weighted by Gasteiger charge is -2.08. The average molecular weight is 369 g/mol. The van der Waals surface area contributed by atoms with Crippen LogP contribution in [-0.4, -0.2) is 0 Å². The first-order valence-corrected chi connectivity index (χ1v) is 10.1. The third-order valence-corrected chi connectivity index (χ3v) is 5.13. The fraction of sp³-hybridized carbons (Fsp3) is 0.286. The maximum Gasteiger partial charge on any atom is 0.0277 e. The van der Waals surface area contributed by atoms with Crippen molar-refractivity contribution in [1.29, 1.82) is 0 Å². The van der Waals surface area contributed by atoms with Gasteiger partial charge in [0.15, 0.2) is 0 Å². The zero-order chi connectivity index (χ0) is 20.5. The van der Waals surface area contributed by atoms with Gasteiger partial charge in [0.05, 0.1) is 0 Å². The third-order valence-electron chi connectivity index (χ3n) is 5.13. The first-order chi connectivity index (χ1) is 13.4. The Morgan fingerprint density at radius 3 is 2.57 bits per heavy atom. The van der Waals surface area contributed by atoms with Crippen LogP contribution in [0.2, 0.25) is 0 Å². The first-order valence-electron chi connectivity index (χ1n) is 10.1. The molecule has 0 aromatic heterocycles. The van der Waals surface area contributed by atoms with Gasteiger partial charge in [-0.1, -0.05) is 80.0 Å². The number of hydrogen-bond donors (Lipinski definition) is 0. The summed E-state index contributed by atoms with van der Waals surface area (Å²) in [5, 5.41) is 0. The quantitative estimate of drug-likeness (QED) is 0.337. The second-order valence-corrected chi connectivity index (χ2v) is 7.61. The molecule has 0 saturated heterocycles. The number of unbranched alkanes of at least 4 members (excludes halogenated alkanes) is 1. The van der Waals surface area contributed by atoms with E-state index in [-0.39, 0.29) is 0 Å². The van der Waals surface area contributed by atoms with Crippen LogP contribution in [0.25, 0.3) is 5.57 Å². The SMILES string of the molecule is C#Cc1cc(C(=C)/C=C\C=C(/C)Cc2ccc(CCCC)c(C)c2)ccc1C. The Morgan fingerprint density at radius 2 is 1.89 bits per heavy atom. The summed E-state index contributed by atoms with van der Waals surface area (Å²) < 4.78 is 0. The largest absolute Gasteiger partial charge is 0.115 e. The van der Waals surface area contributed by atoms with Crippen molar-refractivity contribution >= 4 is 5.57 Å². The minimum absolute atomic E-state index is 0.927. The minimum Gasteiger partial charge on any atom is -0.115 e. The number of allylic oxidation sites excluding steroid dienone is 5. The highest BCUT2D eigenvalue weighted by molar-refractivity contribution is 5.73. The van der Waals surface area contributed by atoms with E-state index in [9.17, 15) is 0 Å². The van der Waals surface area contributed by atoms with Crippen molar-refractivity contribution in [2.24, 2.45) is 0 Å². The molecule has 0 aliphatic carbocycles. The molecule has 2 aromatic rings. The summed E-state index contributed by atoms with van der Waals surface area (Å²) in [6, 6.07) is 13.1. The molecule has 0 heterocycles. The highest BCUT2D eigenvalue weighted by atomic mass is 14.1. The van der Waals surface area contributed by atoms with Gasteiger partial charge in [-0.3, -0.25) is 0 Å². The molecule has 0 radical (unpaired) electrons. The van der Waals surface area contributed by atoms with E-state index in [0.717, 1.165) is 28.7 Å². The van der Waals surface area contributed by atoms with E-state index in [1.165, 1.54) is 41.5 Å². The lowest BCUT2D eigenvalue weighted by molar-refractivity contribution is 0.791. The van der Waals surface area contributed by atoms with Gasteiger partial charge in [0.25, 0.3) is 0 Å². The Kier molecular flexibility index (Phi) is 8.09. The number of benzene rings is 2. The smallest absolute Gasteiger partial charge is 0.0277 e. The number of hydrogen-bond acceptors (Lipinski definition) is 0. The summed E-state index contributed by atoms with van der Waals surface area (Å²) in [6.45, 7) is 12.8. The Morgan fingerprint density at radius 1 is 1.11 bits per heavy atom. The lowest BCUT2D eigenvalue weighted by atomic mass is 9.97. The van der Waals surface area contributed by atoms with Crippen LogP contribution in [0.3, 0.4) is 0 Å². The molecule has 0 fully saturated rings. The van der Waals surface area contributed by atoms with Crippen molar-refractivity contribution in [3.05, 3.63) is 100 Å². The molecule has 0 saturated carbocycles. The van der Waals surface area contributed by atoms with Gasteiger partial charge in [-0.15, -0.1) is 6.42 Å². The standard InChI is InChI=1S/C28H32/c1-7-9-13-27-17-15-25(19-24(27)6)18-21(3)11-10-12-22(4)28-16-14-23(5)26(8-2)20-28/h2,10-12,14-17,19-20H,4,7,9,13,18H2,1,3,5-6H3/b12-10-,21-11+. The summed E-state index contributed by atoms with van der Waals surface area (Å²) in [6.07, 6.45) is 16.5. The second kappa shape index (κ2) is 10.5. The molecular weight excluding hydrogens is 336 g/mol.